The van der Waals surface area contributed by atoms with Gasteiger partial charge in [-0.15, -0.1) is 0 Å². The average Bonchev–Trinajstić information content (AvgIpc) is 2.84. The van der Waals surface area contributed by atoms with E-state index >= 15 is 0 Å². The molecule has 1 aliphatic carbocycles. The Labute approximate surface area is 105 Å². The maximum atomic E-state index is 12.9. The third kappa shape index (κ3) is 3.06. The van der Waals surface area contributed by atoms with E-state index in [4.69, 9.17) is 0 Å². The number of hydrogen-bond donors (Lipinski definition) is 1. The lowest BCUT2D eigenvalue weighted by Gasteiger charge is -2.07. The van der Waals surface area contributed by atoms with Gasteiger partial charge in [0.2, 0.25) is 0 Å². The van der Waals surface area contributed by atoms with Crippen LogP contribution in [0.3, 0.4) is 0 Å². The molecule has 0 atom stereocenters. The number of anilines is 1. The van der Waals surface area contributed by atoms with Gasteiger partial charge >= 0.3 is 0 Å². The van der Waals surface area contributed by atoms with Crippen molar-refractivity contribution in [3.63, 3.8) is 0 Å². The molecule has 0 spiro atoms. The molecule has 0 heterocycles. The summed E-state index contributed by atoms with van der Waals surface area (Å²) in [4.78, 5) is 10.2. The Balaban J connectivity index is 1.98. The van der Waals surface area contributed by atoms with Gasteiger partial charge in [0.1, 0.15) is 11.5 Å². The number of allylic oxidation sites excluding steroid dienone is 1. The van der Waals surface area contributed by atoms with E-state index in [1.165, 1.54) is 24.1 Å². The number of nitro benzene ring substituents is 1. The van der Waals surface area contributed by atoms with Crippen LogP contribution in [0.4, 0.5) is 15.8 Å². The lowest BCUT2D eigenvalue weighted by Crippen LogP contribution is -2.05. The minimum Gasteiger partial charge on any atom is -0.379 e. The molecule has 18 heavy (non-hydrogen) atoms. The maximum Gasteiger partial charge on any atom is 0.295 e. The molecule has 4 nitrogen and oxygen atoms in total. The summed E-state index contributed by atoms with van der Waals surface area (Å²) in [7, 11) is 0. The van der Waals surface area contributed by atoms with E-state index in [1.807, 2.05) is 0 Å². The van der Waals surface area contributed by atoms with Crippen LogP contribution in [0.2, 0.25) is 0 Å². The lowest BCUT2D eigenvalue weighted by molar-refractivity contribution is -0.384. The average molecular weight is 250 g/mol. The van der Waals surface area contributed by atoms with Crippen LogP contribution in [0.25, 0.3) is 0 Å². The second-order valence-electron chi connectivity index (χ2n) is 4.35. The summed E-state index contributed by atoms with van der Waals surface area (Å²) in [5.74, 6) is -0.592. The van der Waals surface area contributed by atoms with Gasteiger partial charge < -0.3 is 5.32 Å². The highest BCUT2D eigenvalue weighted by molar-refractivity contribution is 5.61. The zero-order chi connectivity index (χ0) is 13.0. The Hall–Kier alpha value is -1.91. The molecular formula is C13H15FN2O2. The first-order valence-electron chi connectivity index (χ1n) is 6.02. The highest BCUT2D eigenvalue weighted by Crippen LogP contribution is 2.26. The third-order valence-electron chi connectivity index (χ3n) is 3.05. The summed E-state index contributed by atoms with van der Waals surface area (Å²) in [6.07, 6.45) is 6.56. The molecule has 0 radical (unpaired) electrons. The highest BCUT2D eigenvalue weighted by atomic mass is 19.1. The Morgan fingerprint density at radius 2 is 2.28 bits per heavy atom. The zero-order valence-corrected chi connectivity index (χ0v) is 9.99. The molecule has 96 valence electrons. The van der Waals surface area contributed by atoms with Crippen molar-refractivity contribution in [3.8, 4) is 0 Å². The molecule has 0 bridgehead atoms. The largest absolute Gasteiger partial charge is 0.379 e. The molecule has 0 amide bonds. The molecule has 0 fully saturated rings. The molecule has 5 heteroatoms. The highest BCUT2D eigenvalue weighted by Gasteiger charge is 2.14. The predicted molar refractivity (Wildman–Crippen MR) is 68.1 cm³/mol. The number of rotatable bonds is 5. The van der Waals surface area contributed by atoms with Gasteiger partial charge in [0.05, 0.1) is 11.0 Å². The van der Waals surface area contributed by atoms with E-state index in [0.29, 0.717) is 12.2 Å². The summed E-state index contributed by atoms with van der Waals surface area (Å²) in [5.41, 5.74) is 1.56. The van der Waals surface area contributed by atoms with Crippen molar-refractivity contribution < 1.29 is 9.31 Å². The minimum absolute atomic E-state index is 0.213. The van der Waals surface area contributed by atoms with Crippen molar-refractivity contribution in [2.24, 2.45) is 0 Å². The standard InChI is InChI=1S/C13H15FN2O2/c14-11-5-6-12(13(9-11)16(17)18)15-8-7-10-3-1-2-4-10/h3,5-6,9,15H,1-2,4,7-8H2. The van der Waals surface area contributed by atoms with Crippen LogP contribution in [0.15, 0.2) is 29.8 Å². The van der Waals surface area contributed by atoms with Gasteiger partial charge in [-0.3, -0.25) is 10.1 Å². The second kappa shape index (κ2) is 5.62. The summed E-state index contributed by atoms with van der Waals surface area (Å²) < 4.78 is 12.9. The Morgan fingerprint density at radius 3 is 2.94 bits per heavy atom. The smallest absolute Gasteiger partial charge is 0.295 e. The van der Waals surface area contributed by atoms with Crippen molar-refractivity contribution >= 4 is 11.4 Å². The molecule has 1 aromatic rings. The van der Waals surface area contributed by atoms with Crippen molar-refractivity contribution in [1.82, 2.24) is 0 Å². The maximum absolute atomic E-state index is 12.9. The van der Waals surface area contributed by atoms with E-state index in [2.05, 4.69) is 11.4 Å². The van der Waals surface area contributed by atoms with Gasteiger partial charge in [-0.25, -0.2) is 4.39 Å². The van der Waals surface area contributed by atoms with Crippen LogP contribution in [0.1, 0.15) is 25.7 Å². The molecule has 0 saturated heterocycles. The van der Waals surface area contributed by atoms with E-state index < -0.39 is 10.7 Å². The number of halogens is 1. The van der Waals surface area contributed by atoms with Crippen LogP contribution in [-0.2, 0) is 0 Å². The third-order valence-corrected chi connectivity index (χ3v) is 3.05. The molecule has 0 aromatic heterocycles. The number of nitrogens with one attached hydrogen (secondary N) is 1. The van der Waals surface area contributed by atoms with Crippen LogP contribution < -0.4 is 5.32 Å². The minimum atomic E-state index is -0.592. The summed E-state index contributed by atoms with van der Waals surface area (Å²) >= 11 is 0. The number of nitro groups is 1. The molecule has 1 aliphatic rings. The van der Waals surface area contributed by atoms with Crippen molar-refractivity contribution in [1.29, 1.82) is 0 Å². The quantitative estimate of drug-likeness (QED) is 0.493. The monoisotopic (exact) mass is 250 g/mol. The van der Waals surface area contributed by atoms with Gasteiger partial charge in [0.25, 0.3) is 5.69 Å². The number of hydrogen-bond acceptors (Lipinski definition) is 3. The van der Waals surface area contributed by atoms with E-state index in [9.17, 15) is 14.5 Å². The lowest BCUT2D eigenvalue weighted by atomic mass is 10.1. The Bertz CT molecular complexity index is 486. The zero-order valence-electron chi connectivity index (χ0n) is 9.99. The van der Waals surface area contributed by atoms with Crippen LogP contribution in [0.5, 0.6) is 0 Å². The van der Waals surface area contributed by atoms with Gasteiger partial charge in [0, 0.05) is 6.54 Å². The van der Waals surface area contributed by atoms with E-state index in [-0.39, 0.29) is 5.69 Å². The summed E-state index contributed by atoms with van der Waals surface area (Å²) in [6, 6.07) is 3.58. The van der Waals surface area contributed by atoms with Crippen LogP contribution in [0, 0.1) is 15.9 Å². The molecule has 0 unspecified atom stereocenters. The van der Waals surface area contributed by atoms with Crippen LogP contribution in [-0.4, -0.2) is 11.5 Å². The Morgan fingerprint density at radius 1 is 1.44 bits per heavy atom. The molecule has 0 saturated carbocycles. The molecule has 0 aliphatic heterocycles. The molecular weight excluding hydrogens is 235 g/mol. The van der Waals surface area contributed by atoms with Crippen molar-refractivity contribution in [3.05, 3.63) is 45.8 Å². The van der Waals surface area contributed by atoms with Gasteiger partial charge in [-0.05, 0) is 37.8 Å². The first kappa shape index (κ1) is 12.5. The Kier molecular flexibility index (Phi) is 3.92. The first-order valence-corrected chi connectivity index (χ1v) is 6.02. The van der Waals surface area contributed by atoms with Gasteiger partial charge in [0.15, 0.2) is 0 Å². The predicted octanol–water partition coefficient (Wildman–Crippen LogP) is 3.65. The summed E-state index contributed by atoms with van der Waals surface area (Å²) in [5, 5.41) is 13.8. The fourth-order valence-electron chi connectivity index (χ4n) is 2.13. The van der Waals surface area contributed by atoms with Crippen molar-refractivity contribution in [2.75, 3.05) is 11.9 Å². The van der Waals surface area contributed by atoms with Gasteiger partial charge in [-0.2, -0.15) is 0 Å². The SMILES string of the molecule is O=[N+]([O-])c1cc(F)ccc1NCCC1=CCCC1. The molecule has 1 aromatic carbocycles. The summed E-state index contributed by atoms with van der Waals surface area (Å²) in [6.45, 7) is 0.637. The number of nitrogens with zero attached hydrogens (tertiary/aromatic N) is 1. The number of benzene rings is 1. The van der Waals surface area contributed by atoms with Gasteiger partial charge in [-0.1, -0.05) is 11.6 Å². The fourth-order valence-corrected chi connectivity index (χ4v) is 2.13. The normalized spacial score (nSPS) is 14.4. The second-order valence-corrected chi connectivity index (χ2v) is 4.35. The fraction of sp³-hybridized carbons (Fsp3) is 0.385. The first-order chi connectivity index (χ1) is 8.66. The van der Waals surface area contributed by atoms with E-state index in [1.54, 1.807) is 0 Å². The van der Waals surface area contributed by atoms with Crippen LogP contribution >= 0.6 is 0 Å². The topological polar surface area (TPSA) is 55.2 Å². The van der Waals surface area contributed by atoms with Crippen molar-refractivity contribution in [2.45, 2.75) is 25.7 Å². The van der Waals surface area contributed by atoms with E-state index in [0.717, 1.165) is 25.3 Å². The molecule has 1 N–H and O–H groups in total. The molecule has 2 rings (SSSR count).